The van der Waals surface area contributed by atoms with E-state index < -0.39 is 0 Å². The van der Waals surface area contributed by atoms with Crippen molar-refractivity contribution in [1.82, 2.24) is 4.98 Å². The van der Waals surface area contributed by atoms with Gasteiger partial charge in [0.25, 0.3) is 0 Å². The molecule has 0 radical (unpaired) electrons. The third-order valence-corrected chi connectivity index (χ3v) is 2.84. The summed E-state index contributed by atoms with van der Waals surface area (Å²) in [4.78, 5) is 4.03. The van der Waals surface area contributed by atoms with Crippen LogP contribution in [0.15, 0.2) is 42.7 Å². The summed E-state index contributed by atoms with van der Waals surface area (Å²) in [5, 5.41) is 0. The van der Waals surface area contributed by atoms with Crippen LogP contribution < -0.4 is 10.5 Å². The van der Waals surface area contributed by atoms with Crippen molar-refractivity contribution in [2.45, 2.75) is 19.4 Å². The van der Waals surface area contributed by atoms with Gasteiger partial charge in [-0.05, 0) is 24.6 Å². The Balaban J connectivity index is 1.92. The lowest BCUT2D eigenvalue weighted by Gasteiger charge is -2.10. The third-order valence-electron chi connectivity index (χ3n) is 2.84. The van der Waals surface area contributed by atoms with Crippen LogP contribution in [-0.4, -0.2) is 11.6 Å². The molecule has 0 amide bonds. The van der Waals surface area contributed by atoms with Crippen molar-refractivity contribution in [3.63, 3.8) is 0 Å². The number of halogens is 1. The maximum absolute atomic E-state index is 13.7. The molecule has 19 heavy (non-hydrogen) atoms. The maximum atomic E-state index is 13.7. The molecule has 0 aliphatic rings. The molecular weight excluding hydrogens is 243 g/mol. The minimum absolute atomic E-state index is 0.315. The summed E-state index contributed by atoms with van der Waals surface area (Å²) in [5.74, 6) is 0.194. The fraction of sp³-hybridized carbons (Fsp3) is 0.267. The second-order valence-electron chi connectivity index (χ2n) is 4.43. The van der Waals surface area contributed by atoms with Crippen molar-refractivity contribution in [1.29, 1.82) is 0 Å². The SMILES string of the molecule is C[C@H](N)c1ccc(OCCc2cccnc2)cc1F. The number of nitrogens with two attached hydrogens (primary N) is 1. The first-order valence-electron chi connectivity index (χ1n) is 6.23. The average Bonchev–Trinajstić information content (AvgIpc) is 2.39. The van der Waals surface area contributed by atoms with Crippen molar-refractivity contribution >= 4 is 0 Å². The van der Waals surface area contributed by atoms with Gasteiger partial charge in [0.05, 0.1) is 6.61 Å². The topological polar surface area (TPSA) is 48.1 Å². The van der Waals surface area contributed by atoms with E-state index >= 15 is 0 Å². The Kier molecular flexibility index (Phi) is 4.47. The monoisotopic (exact) mass is 260 g/mol. The van der Waals surface area contributed by atoms with E-state index in [0.29, 0.717) is 17.9 Å². The molecule has 0 saturated heterocycles. The van der Waals surface area contributed by atoms with Crippen molar-refractivity contribution in [3.05, 3.63) is 59.7 Å². The van der Waals surface area contributed by atoms with Gasteiger partial charge in [0, 0.05) is 36.5 Å². The van der Waals surface area contributed by atoms with Gasteiger partial charge in [0.15, 0.2) is 0 Å². The molecule has 0 unspecified atom stereocenters. The van der Waals surface area contributed by atoms with E-state index in [-0.39, 0.29) is 11.9 Å². The highest BCUT2D eigenvalue weighted by Crippen LogP contribution is 2.20. The van der Waals surface area contributed by atoms with E-state index in [0.717, 1.165) is 12.0 Å². The van der Waals surface area contributed by atoms with Gasteiger partial charge < -0.3 is 10.5 Å². The van der Waals surface area contributed by atoms with Crippen LogP contribution in [0.4, 0.5) is 4.39 Å². The van der Waals surface area contributed by atoms with Gasteiger partial charge in [-0.25, -0.2) is 4.39 Å². The molecule has 1 aromatic carbocycles. The number of rotatable bonds is 5. The molecule has 0 saturated carbocycles. The quantitative estimate of drug-likeness (QED) is 0.899. The first kappa shape index (κ1) is 13.5. The largest absolute Gasteiger partial charge is 0.493 e. The van der Waals surface area contributed by atoms with Crippen LogP contribution >= 0.6 is 0 Å². The van der Waals surface area contributed by atoms with Crippen LogP contribution in [0.5, 0.6) is 5.75 Å². The predicted octanol–water partition coefficient (Wildman–Crippen LogP) is 2.86. The summed E-state index contributed by atoms with van der Waals surface area (Å²) in [5.41, 5.74) is 7.25. The second kappa shape index (κ2) is 6.29. The number of hydrogen-bond donors (Lipinski definition) is 1. The van der Waals surface area contributed by atoms with E-state index in [1.807, 2.05) is 12.1 Å². The summed E-state index contributed by atoms with van der Waals surface area (Å²) in [6, 6.07) is 8.33. The number of benzene rings is 1. The lowest BCUT2D eigenvalue weighted by Crippen LogP contribution is -2.08. The highest BCUT2D eigenvalue weighted by Gasteiger charge is 2.07. The Morgan fingerprint density at radius 1 is 1.37 bits per heavy atom. The average molecular weight is 260 g/mol. The van der Waals surface area contributed by atoms with Gasteiger partial charge in [0.2, 0.25) is 0 Å². The van der Waals surface area contributed by atoms with Gasteiger partial charge in [-0.15, -0.1) is 0 Å². The first-order valence-corrected chi connectivity index (χ1v) is 6.23. The molecular formula is C15H17FN2O. The molecule has 2 N–H and O–H groups in total. The molecule has 0 aliphatic heterocycles. The molecule has 100 valence electrons. The van der Waals surface area contributed by atoms with Gasteiger partial charge in [-0.3, -0.25) is 4.98 Å². The fourth-order valence-electron chi connectivity index (χ4n) is 1.80. The molecule has 2 aromatic rings. The van der Waals surface area contributed by atoms with E-state index in [4.69, 9.17) is 10.5 Å². The lowest BCUT2D eigenvalue weighted by molar-refractivity contribution is 0.319. The number of nitrogens with zero attached hydrogens (tertiary/aromatic N) is 1. The van der Waals surface area contributed by atoms with Gasteiger partial charge in [0.1, 0.15) is 11.6 Å². The first-order chi connectivity index (χ1) is 9.16. The Hall–Kier alpha value is -1.94. The van der Waals surface area contributed by atoms with E-state index in [9.17, 15) is 4.39 Å². The molecule has 4 heteroatoms. The Morgan fingerprint density at radius 3 is 2.84 bits per heavy atom. The second-order valence-corrected chi connectivity index (χ2v) is 4.43. The normalized spacial score (nSPS) is 12.2. The van der Waals surface area contributed by atoms with Crippen LogP contribution in [0.2, 0.25) is 0 Å². The van der Waals surface area contributed by atoms with Crippen molar-refractivity contribution < 1.29 is 9.13 Å². The van der Waals surface area contributed by atoms with Crippen LogP contribution in [0.3, 0.4) is 0 Å². The summed E-state index contributed by atoms with van der Waals surface area (Å²) in [6.45, 7) is 2.24. The Labute approximate surface area is 112 Å². The predicted molar refractivity (Wildman–Crippen MR) is 72.4 cm³/mol. The summed E-state index contributed by atoms with van der Waals surface area (Å²) >= 11 is 0. The third kappa shape index (κ3) is 3.76. The maximum Gasteiger partial charge on any atom is 0.131 e. The van der Waals surface area contributed by atoms with E-state index in [2.05, 4.69) is 4.98 Å². The Bertz CT molecular complexity index is 529. The number of aromatic nitrogens is 1. The fourth-order valence-corrected chi connectivity index (χ4v) is 1.80. The summed E-state index contributed by atoms with van der Waals surface area (Å²) in [6.07, 6.45) is 4.26. The molecule has 1 atom stereocenters. The van der Waals surface area contributed by atoms with Crippen LogP contribution in [-0.2, 0) is 6.42 Å². The van der Waals surface area contributed by atoms with Crippen LogP contribution in [0.1, 0.15) is 24.1 Å². The number of hydrogen-bond acceptors (Lipinski definition) is 3. The van der Waals surface area contributed by atoms with Crippen molar-refractivity contribution in [3.8, 4) is 5.75 Å². The van der Waals surface area contributed by atoms with Gasteiger partial charge >= 0.3 is 0 Å². The molecule has 0 bridgehead atoms. The molecule has 2 rings (SSSR count). The van der Waals surface area contributed by atoms with Crippen molar-refractivity contribution in [2.75, 3.05) is 6.61 Å². The lowest BCUT2D eigenvalue weighted by atomic mass is 10.1. The smallest absolute Gasteiger partial charge is 0.131 e. The molecule has 0 aliphatic carbocycles. The highest BCUT2D eigenvalue weighted by atomic mass is 19.1. The number of ether oxygens (including phenoxy) is 1. The minimum atomic E-state index is -0.325. The van der Waals surface area contributed by atoms with Gasteiger partial charge in [-0.2, -0.15) is 0 Å². The van der Waals surface area contributed by atoms with Crippen molar-refractivity contribution in [2.24, 2.45) is 5.73 Å². The van der Waals surface area contributed by atoms with Crippen LogP contribution in [0.25, 0.3) is 0 Å². The summed E-state index contributed by atoms with van der Waals surface area (Å²) in [7, 11) is 0. The van der Waals surface area contributed by atoms with Crippen LogP contribution in [0, 0.1) is 5.82 Å². The highest BCUT2D eigenvalue weighted by molar-refractivity contribution is 5.30. The zero-order chi connectivity index (χ0) is 13.7. The molecule has 1 aromatic heterocycles. The Morgan fingerprint density at radius 2 is 2.21 bits per heavy atom. The molecule has 0 spiro atoms. The minimum Gasteiger partial charge on any atom is -0.493 e. The van der Waals surface area contributed by atoms with Gasteiger partial charge in [-0.1, -0.05) is 12.1 Å². The molecule has 3 nitrogen and oxygen atoms in total. The standard InChI is InChI=1S/C15H17FN2O/c1-11(17)14-5-4-13(9-15(14)16)19-8-6-12-3-2-7-18-10-12/h2-5,7,9-11H,6,8,17H2,1H3/t11-/m0/s1. The molecule has 1 heterocycles. The van der Waals surface area contributed by atoms with E-state index in [1.54, 1.807) is 31.5 Å². The zero-order valence-electron chi connectivity index (χ0n) is 10.8. The zero-order valence-corrected chi connectivity index (χ0v) is 10.8. The number of pyridine rings is 1. The summed E-state index contributed by atoms with van der Waals surface area (Å²) < 4.78 is 19.2. The van der Waals surface area contributed by atoms with E-state index in [1.165, 1.54) is 6.07 Å². The molecule has 0 fully saturated rings.